The number of hydrogen-bond donors (Lipinski definition) is 0. The molecule has 0 spiro atoms. The monoisotopic (exact) mass is 484 g/mol. The fraction of sp³-hybridized carbons (Fsp3) is 0.931. The zero-order valence-corrected chi connectivity index (χ0v) is 24.1. The van der Waals surface area contributed by atoms with Crippen LogP contribution >= 0.6 is 8.03 Å². The van der Waals surface area contributed by atoms with Gasteiger partial charge in [0.2, 0.25) is 0 Å². The van der Waals surface area contributed by atoms with E-state index in [-0.39, 0.29) is 0 Å². The first-order chi connectivity index (χ1) is 15.8. The van der Waals surface area contributed by atoms with Crippen molar-refractivity contribution < 1.29 is 13.9 Å². The largest absolute Gasteiger partial charge is 0.590 e. The van der Waals surface area contributed by atoms with Crippen molar-refractivity contribution in [3.8, 4) is 0 Å². The number of hydrogen-bond acceptors (Lipinski definition) is 2. The molecule has 0 amide bonds. The lowest BCUT2D eigenvalue weighted by Crippen LogP contribution is -2.55. The highest BCUT2D eigenvalue weighted by atomic mass is 31.1. The maximum Gasteiger partial charge on any atom is 0.376 e. The fourth-order valence-corrected chi connectivity index (χ4v) is 6.08. The zero-order chi connectivity index (χ0) is 24.8. The summed E-state index contributed by atoms with van der Waals surface area (Å²) < 4.78 is 12.5. The van der Waals surface area contributed by atoms with Gasteiger partial charge in [0.25, 0.3) is 5.28 Å². The molecule has 0 N–H and O–H groups in total. The van der Waals surface area contributed by atoms with Gasteiger partial charge in [-0.05, 0) is 32.1 Å². The van der Waals surface area contributed by atoms with E-state index in [0.717, 1.165) is 12.8 Å². The second kappa shape index (κ2) is 21.1. The van der Waals surface area contributed by atoms with Crippen LogP contribution in [0.1, 0.15) is 149 Å². The van der Waals surface area contributed by atoms with E-state index in [2.05, 4.69) is 19.1 Å². The molecule has 0 saturated carbocycles. The predicted molar refractivity (Wildman–Crippen MR) is 146 cm³/mol. The van der Waals surface area contributed by atoms with Crippen LogP contribution in [0.15, 0.2) is 12.2 Å². The van der Waals surface area contributed by atoms with Gasteiger partial charge in [-0.15, -0.1) is 0 Å². The highest BCUT2D eigenvalue weighted by molar-refractivity contribution is 7.38. The number of nitrogens with zero attached hydrogens (tertiary/aromatic N) is 1. The molecule has 0 aliphatic carbocycles. The SMILES string of the molecule is CCCCCCC=CCCCCCCCCCCCCCCCC(CC)([P+](=O)[O-])[N+](C)(C)C. The Morgan fingerprint density at radius 1 is 0.636 bits per heavy atom. The molecule has 2 unspecified atom stereocenters. The van der Waals surface area contributed by atoms with E-state index in [9.17, 15) is 9.46 Å². The average molecular weight is 485 g/mol. The summed E-state index contributed by atoms with van der Waals surface area (Å²) in [7, 11) is 3.64. The number of quaternary nitrogens is 1. The minimum absolute atomic E-state index is 0.512. The molecule has 4 heteroatoms. The van der Waals surface area contributed by atoms with Crippen molar-refractivity contribution in [2.24, 2.45) is 0 Å². The molecule has 2 atom stereocenters. The molecular weight excluding hydrogens is 425 g/mol. The van der Waals surface area contributed by atoms with Gasteiger partial charge in [0, 0.05) is 12.8 Å². The maximum atomic E-state index is 12.0. The van der Waals surface area contributed by atoms with Crippen molar-refractivity contribution >= 4 is 8.03 Å². The zero-order valence-electron chi connectivity index (χ0n) is 23.2. The summed E-state index contributed by atoms with van der Waals surface area (Å²) >= 11 is 0. The maximum absolute atomic E-state index is 12.0. The molecule has 0 bridgehead atoms. The molecule has 33 heavy (non-hydrogen) atoms. The van der Waals surface area contributed by atoms with E-state index in [1.165, 1.54) is 116 Å². The van der Waals surface area contributed by atoms with Crippen LogP contribution in [0.3, 0.4) is 0 Å². The molecule has 0 aliphatic heterocycles. The Morgan fingerprint density at radius 2 is 1.00 bits per heavy atom. The highest BCUT2D eigenvalue weighted by Gasteiger charge is 2.52. The second-order valence-corrected chi connectivity index (χ2v) is 12.4. The van der Waals surface area contributed by atoms with Gasteiger partial charge in [-0.2, -0.15) is 0 Å². The van der Waals surface area contributed by atoms with Gasteiger partial charge in [0.05, 0.1) is 21.1 Å². The normalized spacial score (nSPS) is 14.7. The lowest BCUT2D eigenvalue weighted by molar-refractivity contribution is -0.910. The molecule has 0 heterocycles. The van der Waals surface area contributed by atoms with Crippen LogP contribution < -0.4 is 4.89 Å². The van der Waals surface area contributed by atoms with Gasteiger partial charge >= 0.3 is 8.03 Å². The van der Waals surface area contributed by atoms with E-state index >= 15 is 0 Å². The summed E-state index contributed by atoms with van der Waals surface area (Å²) in [6.07, 6.45) is 31.6. The Hall–Kier alpha value is -0.240. The van der Waals surface area contributed by atoms with E-state index < -0.39 is 13.3 Å². The first-order valence-electron chi connectivity index (χ1n) is 14.4. The minimum Gasteiger partial charge on any atom is -0.590 e. The van der Waals surface area contributed by atoms with E-state index in [0.29, 0.717) is 10.9 Å². The van der Waals surface area contributed by atoms with Gasteiger partial charge in [-0.1, -0.05) is 120 Å². The topological polar surface area (TPSA) is 40.1 Å². The van der Waals surface area contributed by atoms with Crippen molar-refractivity contribution in [2.45, 2.75) is 154 Å². The summed E-state index contributed by atoms with van der Waals surface area (Å²) in [4.78, 5) is 12.0. The Morgan fingerprint density at radius 3 is 1.33 bits per heavy atom. The highest BCUT2D eigenvalue weighted by Crippen LogP contribution is 2.44. The summed E-state index contributed by atoms with van der Waals surface area (Å²) in [5.41, 5.74) is 0. The number of allylic oxidation sites excluding steroid dienone is 2. The lowest BCUT2D eigenvalue weighted by atomic mass is 10.0. The molecule has 0 aromatic rings. The van der Waals surface area contributed by atoms with Crippen molar-refractivity contribution in [2.75, 3.05) is 21.1 Å². The number of unbranched alkanes of at least 4 members (excludes halogenated alkanes) is 17. The van der Waals surface area contributed by atoms with Crippen LogP contribution in [-0.4, -0.2) is 30.9 Å². The Balaban J connectivity index is 3.47. The van der Waals surface area contributed by atoms with Gasteiger partial charge in [0.15, 0.2) is 0 Å². The second-order valence-electron chi connectivity index (χ2n) is 11.1. The first-order valence-corrected chi connectivity index (χ1v) is 15.6. The molecule has 0 aromatic carbocycles. The molecular formula is C29H59NO2P+. The van der Waals surface area contributed by atoms with Crippen molar-refractivity contribution in [3.63, 3.8) is 0 Å². The lowest BCUT2D eigenvalue weighted by Gasteiger charge is -2.39. The molecule has 3 nitrogen and oxygen atoms in total. The standard InChI is InChI=1S/C29H59NO2P/c1-6-8-9-10-11-12-13-14-15-16-17-18-19-20-21-22-23-24-25-26-27-28-29(7-2,33(31)32)30(3,4)5/h12-13H,6-11,14-28H2,1-5H3/q+1. The van der Waals surface area contributed by atoms with Crippen LogP contribution in [0.4, 0.5) is 0 Å². The van der Waals surface area contributed by atoms with Crippen LogP contribution in [-0.2, 0) is 4.57 Å². The van der Waals surface area contributed by atoms with Crippen LogP contribution in [0.2, 0.25) is 0 Å². The van der Waals surface area contributed by atoms with Crippen molar-refractivity contribution in [3.05, 3.63) is 12.2 Å². The van der Waals surface area contributed by atoms with E-state index in [1.54, 1.807) is 0 Å². The Bertz CT molecular complexity index is 487. The Kier molecular flexibility index (Phi) is 20.9. The van der Waals surface area contributed by atoms with Gasteiger partial charge in [0.1, 0.15) is 0 Å². The molecule has 0 aromatic heterocycles. The molecule has 0 saturated heterocycles. The van der Waals surface area contributed by atoms with Crippen LogP contribution in [0, 0.1) is 0 Å². The van der Waals surface area contributed by atoms with Gasteiger partial charge < -0.3 is 4.89 Å². The molecule has 0 fully saturated rings. The van der Waals surface area contributed by atoms with Gasteiger partial charge in [-0.25, -0.2) is 0 Å². The summed E-state index contributed by atoms with van der Waals surface area (Å²) in [6.45, 7) is 4.29. The average Bonchev–Trinajstić information content (AvgIpc) is 2.76. The predicted octanol–water partition coefficient (Wildman–Crippen LogP) is 9.28. The smallest absolute Gasteiger partial charge is 0.376 e. The van der Waals surface area contributed by atoms with Crippen molar-refractivity contribution in [1.82, 2.24) is 0 Å². The Labute approximate surface area is 209 Å². The minimum atomic E-state index is -2.41. The summed E-state index contributed by atoms with van der Waals surface area (Å²) in [5, 5.41) is -0.597. The summed E-state index contributed by atoms with van der Waals surface area (Å²) in [6, 6.07) is 0. The molecule has 0 rings (SSSR count). The summed E-state index contributed by atoms with van der Waals surface area (Å²) in [5.74, 6) is 0. The third-order valence-corrected chi connectivity index (χ3v) is 9.31. The first kappa shape index (κ1) is 32.8. The third-order valence-electron chi connectivity index (χ3n) is 7.49. The van der Waals surface area contributed by atoms with E-state index in [1.807, 2.05) is 28.1 Å². The number of rotatable bonds is 24. The molecule has 0 radical (unpaired) electrons. The fourth-order valence-electron chi connectivity index (χ4n) is 4.99. The van der Waals surface area contributed by atoms with Crippen molar-refractivity contribution in [1.29, 1.82) is 0 Å². The van der Waals surface area contributed by atoms with Crippen LogP contribution in [0.5, 0.6) is 0 Å². The molecule has 0 aliphatic rings. The third kappa shape index (κ3) is 16.1. The van der Waals surface area contributed by atoms with Crippen LogP contribution in [0.25, 0.3) is 0 Å². The molecule has 196 valence electrons. The van der Waals surface area contributed by atoms with E-state index in [4.69, 9.17) is 0 Å². The quantitative estimate of drug-likeness (QED) is 0.0592. The van der Waals surface area contributed by atoms with Gasteiger partial charge in [-0.3, -0.25) is 4.48 Å².